The second kappa shape index (κ2) is 9.45. The summed E-state index contributed by atoms with van der Waals surface area (Å²) < 4.78 is 16.8. The van der Waals surface area contributed by atoms with E-state index in [1.807, 2.05) is 18.2 Å². The van der Waals surface area contributed by atoms with Gasteiger partial charge in [0.15, 0.2) is 17.6 Å². The number of hydrogen-bond donors (Lipinski definition) is 2. The molecule has 11 heteroatoms. The van der Waals surface area contributed by atoms with E-state index in [2.05, 4.69) is 25.4 Å². The number of hydrogen-bond acceptors (Lipinski definition) is 10. The number of rotatable bonds is 6. The molecule has 0 saturated carbocycles. The second-order valence-electron chi connectivity index (χ2n) is 8.30. The van der Waals surface area contributed by atoms with Gasteiger partial charge in [0, 0.05) is 19.9 Å². The number of benzene rings is 1. The molecule has 3 atom stereocenters. The maximum atomic E-state index is 12.8. The molecule has 34 heavy (non-hydrogen) atoms. The van der Waals surface area contributed by atoms with Crippen LogP contribution in [0.25, 0.3) is 11.1 Å². The van der Waals surface area contributed by atoms with Gasteiger partial charge in [-0.15, -0.1) is 0 Å². The van der Waals surface area contributed by atoms with Gasteiger partial charge in [-0.25, -0.2) is 15.0 Å². The Kier molecular flexibility index (Phi) is 6.22. The number of fused-ring (bicyclic) bond motifs is 1. The quantitative estimate of drug-likeness (QED) is 0.551. The number of aromatic nitrogens is 3. The first-order valence-electron chi connectivity index (χ1n) is 11.1. The summed E-state index contributed by atoms with van der Waals surface area (Å²) in [7, 11) is 0. The number of oxazole rings is 1. The summed E-state index contributed by atoms with van der Waals surface area (Å²) in [5.41, 5.74) is 3.75. The molecule has 0 aliphatic carbocycles. The van der Waals surface area contributed by atoms with Crippen LogP contribution in [-0.4, -0.2) is 69.8 Å². The highest BCUT2D eigenvalue weighted by molar-refractivity contribution is 6.02. The van der Waals surface area contributed by atoms with Gasteiger partial charge >= 0.3 is 0 Å². The van der Waals surface area contributed by atoms with Crippen molar-refractivity contribution in [1.82, 2.24) is 20.3 Å². The van der Waals surface area contributed by atoms with Gasteiger partial charge < -0.3 is 29.2 Å². The summed E-state index contributed by atoms with van der Waals surface area (Å²) >= 11 is 0. The minimum Gasteiger partial charge on any atom is -0.441 e. The Morgan fingerprint density at radius 1 is 1.12 bits per heavy atom. The molecule has 1 fully saturated rings. The topological polar surface area (TPSA) is 141 Å². The molecule has 5 rings (SSSR count). The van der Waals surface area contributed by atoms with Crippen LogP contribution in [0.5, 0.6) is 0 Å². The van der Waals surface area contributed by atoms with E-state index in [-0.39, 0.29) is 36.5 Å². The van der Waals surface area contributed by atoms with Crippen LogP contribution in [0.4, 0.5) is 0 Å². The zero-order chi connectivity index (χ0) is 23.7. The molecule has 0 radical (unpaired) electrons. The molecule has 11 nitrogen and oxygen atoms in total. The lowest BCUT2D eigenvalue weighted by Crippen LogP contribution is -2.43. The zero-order valence-corrected chi connectivity index (χ0v) is 18.9. The van der Waals surface area contributed by atoms with Gasteiger partial charge in [-0.3, -0.25) is 4.79 Å². The third kappa shape index (κ3) is 4.76. The Labute approximate surface area is 195 Å². The fraction of sp³-hybridized carbons (Fsp3) is 0.435. The fourth-order valence-corrected chi connectivity index (χ4v) is 3.93. The molecule has 1 saturated heterocycles. The monoisotopic (exact) mass is 467 g/mol. The number of aliphatic hydroxyl groups excluding tert-OH is 1. The first-order valence-corrected chi connectivity index (χ1v) is 11.1. The molecule has 3 unspecified atom stereocenters. The van der Waals surface area contributed by atoms with Gasteiger partial charge in [0.1, 0.15) is 35.0 Å². The van der Waals surface area contributed by atoms with Crippen molar-refractivity contribution in [3.05, 3.63) is 52.9 Å². The van der Waals surface area contributed by atoms with Crippen LogP contribution in [0.3, 0.4) is 0 Å². The Morgan fingerprint density at radius 3 is 2.79 bits per heavy atom. The predicted molar refractivity (Wildman–Crippen MR) is 119 cm³/mol. The molecule has 3 aromatic rings. The molecule has 2 N–H and O–H groups in total. The van der Waals surface area contributed by atoms with Gasteiger partial charge in [0.05, 0.1) is 25.5 Å². The molecule has 1 amide bonds. The lowest BCUT2D eigenvalue weighted by molar-refractivity contribution is -0.178. The molecule has 1 aromatic carbocycles. The van der Waals surface area contributed by atoms with Crippen LogP contribution >= 0.6 is 0 Å². The third-order valence-corrected chi connectivity index (χ3v) is 5.68. The molecule has 178 valence electrons. The van der Waals surface area contributed by atoms with Gasteiger partial charge in [-0.1, -0.05) is 11.2 Å². The number of oxime groups is 1. The minimum absolute atomic E-state index is 0.0838. The van der Waals surface area contributed by atoms with Crippen LogP contribution in [0.1, 0.15) is 39.9 Å². The van der Waals surface area contributed by atoms with Crippen LogP contribution < -0.4 is 5.32 Å². The summed E-state index contributed by atoms with van der Waals surface area (Å²) in [4.78, 5) is 31.4. The summed E-state index contributed by atoms with van der Waals surface area (Å²) in [5, 5.41) is 16.2. The highest BCUT2D eigenvalue weighted by Crippen LogP contribution is 2.23. The van der Waals surface area contributed by atoms with Crippen molar-refractivity contribution in [3.63, 3.8) is 0 Å². The number of amides is 1. The standard InChI is InChI=1S/C23H25N5O6/c1-12-25-16(17-7-21(34-28-17)22-11-31-15(9-29)10-32-22)6-19(26-12)23(30)24-8-14-3-4-20-18(5-14)27-13(2)33-20/h3-6,15,21-22,29H,7-11H2,1-2H3,(H,24,30). The second-order valence-corrected chi connectivity index (χ2v) is 8.30. The van der Waals surface area contributed by atoms with Crippen LogP contribution in [-0.2, 0) is 20.9 Å². The largest absolute Gasteiger partial charge is 0.441 e. The molecule has 2 aliphatic rings. The van der Waals surface area contributed by atoms with Gasteiger partial charge in [-0.2, -0.15) is 0 Å². The maximum absolute atomic E-state index is 12.8. The Balaban J connectivity index is 1.23. The summed E-state index contributed by atoms with van der Waals surface area (Å²) in [6.07, 6.45) is -0.463. The molecule has 4 heterocycles. The maximum Gasteiger partial charge on any atom is 0.270 e. The van der Waals surface area contributed by atoms with E-state index in [4.69, 9.17) is 23.8 Å². The van der Waals surface area contributed by atoms with E-state index in [0.29, 0.717) is 54.9 Å². The highest BCUT2D eigenvalue weighted by Gasteiger charge is 2.35. The summed E-state index contributed by atoms with van der Waals surface area (Å²) in [6.45, 7) is 4.37. The van der Waals surface area contributed by atoms with Crippen molar-refractivity contribution in [2.24, 2.45) is 5.16 Å². The lowest BCUT2D eigenvalue weighted by Gasteiger charge is -2.30. The van der Waals surface area contributed by atoms with E-state index in [9.17, 15) is 4.79 Å². The predicted octanol–water partition coefficient (Wildman–Crippen LogP) is 1.43. The molecule has 0 bridgehead atoms. The molecular weight excluding hydrogens is 442 g/mol. The van der Waals surface area contributed by atoms with E-state index in [1.54, 1.807) is 19.9 Å². The number of aliphatic hydroxyl groups is 1. The number of aryl methyl sites for hydroxylation is 2. The zero-order valence-electron chi connectivity index (χ0n) is 18.9. The van der Waals surface area contributed by atoms with Gasteiger partial charge in [0.2, 0.25) is 0 Å². The number of nitrogens with zero attached hydrogens (tertiary/aromatic N) is 4. The van der Waals surface area contributed by atoms with Gasteiger partial charge in [-0.05, 0) is 30.7 Å². The van der Waals surface area contributed by atoms with Crippen LogP contribution in [0, 0.1) is 13.8 Å². The molecular formula is C23H25N5O6. The van der Waals surface area contributed by atoms with E-state index >= 15 is 0 Å². The number of carbonyl (C=O) groups is 1. The first kappa shape index (κ1) is 22.4. The van der Waals surface area contributed by atoms with E-state index in [1.165, 1.54) is 0 Å². The molecule has 2 aliphatic heterocycles. The Bertz CT molecular complexity index is 1230. The average molecular weight is 467 g/mol. The van der Waals surface area contributed by atoms with Crippen LogP contribution in [0.2, 0.25) is 0 Å². The smallest absolute Gasteiger partial charge is 0.270 e. The van der Waals surface area contributed by atoms with Crippen molar-refractivity contribution >= 4 is 22.7 Å². The fourth-order valence-electron chi connectivity index (χ4n) is 3.93. The third-order valence-electron chi connectivity index (χ3n) is 5.68. The van der Waals surface area contributed by atoms with Crippen LogP contribution in [0.15, 0.2) is 33.8 Å². The summed E-state index contributed by atoms with van der Waals surface area (Å²) in [6, 6.07) is 7.21. The van der Waals surface area contributed by atoms with Crippen molar-refractivity contribution < 1.29 is 28.6 Å². The first-order chi connectivity index (χ1) is 16.5. The highest BCUT2D eigenvalue weighted by atomic mass is 16.7. The number of nitrogens with one attached hydrogen (secondary N) is 1. The number of ether oxygens (including phenoxy) is 2. The number of carbonyl (C=O) groups excluding carboxylic acids is 1. The van der Waals surface area contributed by atoms with E-state index in [0.717, 1.165) is 11.1 Å². The van der Waals surface area contributed by atoms with Crippen molar-refractivity contribution in [2.45, 2.75) is 45.1 Å². The molecule has 0 spiro atoms. The molecule has 2 aromatic heterocycles. The van der Waals surface area contributed by atoms with Gasteiger partial charge in [0.25, 0.3) is 5.91 Å². The van der Waals surface area contributed by atoms with Crippen molar-refractivity contribution in [2.75, 3.05) is 19.8 Å². The minimum atomic E-state index is -0.322. The van der Waals surface area contributed by atoms with Crippen molar-refractivity contribution in [1.29, 1.82) is 0 Å². The SMILES string of the molecule is Cc1nc(C(=O)NCc2ccc3oc(C)nc3c2)cc(C2=NOC(C3COC(CO)CO3)C2)n1. The summed E-state index contributed by atoms with van der Waals surface area (Å²) in [5.74, 6) is 0.729. The van der Waals surface area contributed by atoms with Crippen molar-refractivity contribution in [3.8, 4) is 0 Å². The van der Waals surface area contributed by atoms with E-state index < -0.39 is 0 Å². The normalized spacial score (nSPS) is 22.4. The Morgan fingerprint density at radius 2 is 2.00 bits per heavy atom. The Hall–Kier alpha value is -3.41. The lowest BCUT2D eigenvalue weighted by atomic mass is 10.0. The average Bonchev–Trinajstić information content (AvgIpc) is 3.48.